The van der Waals surface area contributed by atoms with E-state index in [0.717, 1.165) is 15.1 Å². The Kier molecular flexibility index (Phi) is 5.78. The van der Waals surface area contributed by atoms with Crippen LogP contribution in [0.2, 0.25) is 5.02 Å². The molecule has 0 spiro atoms. The molecule has 7 heteroatoms. The molecule has 0 bridgehead atoms. The Morgan fingerprint density at radius 2 is 2.29 bits per heavy atom. The number of nitrogens with one attached hydrogen (secondary N) is 1. The van der Waals surface area contributed by atoms with E-state index in [9.17, 15) is 4.79 Å². The van der Waals surface area contributed by atoms with Crippen molar-refractivity contribution in [1.29, 1.82) is 0 Å². The van der Waals surface area contributed by atoms with Gasteiger partial charge in [0.15, 0.2) is 6.61 Å². The summed E-state index contributed by atoms with van der Waals surface area (Å²) in [6.45, 7) is 1.68. The summed E-state index contributed by atoms with van der Waals surface area (Å²) < 4.78 is 6.19. The molecule has 0 saturated heterocycles. The average Bonchev–Trinajstić information content (AvgIpc) is 2.98. The van der Waals surface area contributed by atoms with Gasteiger partial charge in [-0.1, -0.05) is 33.6 Å². The average molecular weight is 388 g/mol. The maximum Gasteiger partial charge on any atom is 0.277 e. The van der Waals surface area contributed by atoms with Crippen LogP contribution in [-0.2, 0) is 4.79 Å². The van der Waals surface area contributed by atoms with E-state index in [1.165, 1.54) is 0 Å². The molecule has 1 heterocycles. The zero-order valence-corrected chi connectivity index (χ0v) is 14.3. The van der Waals surface area contributed by atoms with E-state index < -0.39 is 0 Å². The Hall–Kier alpha value is -1.37. The number of halogens is 2. The third kappa shape index (κ3) is 4.84. The number of thiophene rings is 1. The summed E-state index contributed by atoms with van der Waals surface area (Å²) in [5.74, 6) is 0.110. The summed E-state index contributed by atoms with van der Waals surface area (Å²) >= 11 is 10.9. The largest absolute Gasteiger partial charge is 0.482 e. The van der Waals surface area contributed by atoms with E-state index in [4.69, 9.17) is 16.3 Å². The molecule has 0 radical (unpaired) electrons. The van der Waals surface area contributed by atoms with Crippen molar-refractivity contribution in [1.82, 2.24) is 5.43 Å². The van der Waals surface area contributed by atoms with E-state index in [1.807, 2.05) is 24.4 Å². The number of amides is 1. The second-order valence-corrected chi connectivity index (χ2v) is 6.34. The van der Waals surface area contributed by atoms with Crippen molar-refractivity contribution >= 4 is 50.5 Å². The second kappa shape index (κ2) is 7.59. The number of carbonyl (C=O) groups excluding carboxylic acids is 1. The zero-order valence-electron chi connectivity index (χ0n) is 11.1. The van der Waals surface area contributed by atoms with Crippen LogP contribution in [0.25, 0.3) is 0 Å². The third-order valence-electron chi connectivity index (χ3n) is 2.48. The van der Waals surface area contributed by atoms with Gasteiger partial charge in [-0.25, -0.2) is 5.43 Å². The van der Waals surface area contributed by atoms with Gasteiger partial charge in [0.25, 0.3) is 5.91 Å². The number of rotatable bonds is 5. The lowest BCUT2D eigenvalue weighted by molar-refractivity contribution is -0.123. The van der Waals surface area contributed by atoms with Crippen LogP contribution in [-0.4, -0.2) is 18.2 Å². The van der Waals surface area contributed by atoms with Crippen molar-refractivity contribution in [3.8, 4) is 5.75 Å². The minimum atomic E-state index is -0.343. The SMILES string of the molecule is CC(=NNC(=O)COc1ccc(Br)cc1Cl)c1cccs1. The van der Waals surface area contributed by atoms with E-state index in [2.05, 4.69) is 26.5 Å². The van der Waals surface area contributed by atoms with Gasteiger partial charge in [-0.3, -0.25) is 4.79 Å². The molecule has 110 valence electrons. The van der Waals surface area contributed by atoms with Gasteiger partial charge in [-0.15, -0.1) is 11.3 Å². The highest BCUT2D eigenvalue weighted by atomic mass is 79.9. The number of benzene rings is 1. The van der Waals surface area contributed by atoms with Crippen LogP contribution in [0.15, 0.2) is 45.3 Å². The van der Waals surface area contributed by atoms with E-state index >= 15 is 0 Å². The number of ether oxygens (including phenoxy) is 1. The molecule has 0 aliphatic carbocycles. The fraction of sp³-hybridized carbons (Fsp3) is 0.143. The summed E-state index contributed by atoms with van der Waals surface area (Å²) in [5, 5.41) is 6.42. The fourth-order valence-corrected chi connectivity index (χ4v) is 2.86. The molecule has 0 aliphatic heterocycles. The molecule has 0 atom stereocenters. The van der Waals surface area contributed by atoms with Crippen LogP contribution < -0.4 is 10.2 Å². The number of carbonyl (C=O) groups is 1. The lowest BCUT2D eigenvalue weighted by Gasteiger charge is -2.07. The number of nitrogens with zero attached hydrogens (tertiary/aromatic N) is 1. The summed E-state index contributed by atoms with van der Waals surface area (Å²) in [7, 11) is 0. The molecule has 0 unspecified atom stereocenters. The molecule has 1 aromatic heterocycles. The minimum Gasteiger partial charge on any atom is -0.482 e. The van der Waals surface area contributed by atoms with E-state index in [0.29, 0.717) is 10.8 Å². The second-order valence-electron chi connectivity index (χ2n) is 4.07. The predicted octanol–water partition coefficient (Wildman–Crippen LogP) is 4.08. The predicted molar refractivity (Wildman–Crippen MR) is 89.3 cm³/mol. The lowest BCUT2D eigenvalue weighted by atomic mass is 10.3. The first kappa shape index (κ1) is 16.0. The molecule has 0 fully saturated rings. The zero-order chi connectivity index (χ0) is 15.2. The summed E-state index contributed by atoms with van der Waals surface area (Å²) in [4.78, 5) is 12.7. The molecule has 2 aromatic rings. The van der Waals surface area contributed by atoms with Crippen molar-refractivity contribution in [2.24, 2.45) is 5.10 Å². The van der Waals surface area contributed by atoms with Crippen molar-refractivity contribution in [3.63, 3.8) is 0 Å². The number of hydrogen-bond donors (Lipinski definition) is 1. The highest BCUT2D eigenvalue weighted by molar-refractivity contribution is 9.10. The lowest BCUT2D eigenvalue weighted by Crippen LogP contribution is -2.25. The van der Waals surface area contributed by atoms with Crippen molar-refractivity contribution < 1.29 is 9.53 Å². The molecule has 1 N–H and O–H groups in total. The Balaban J connectivity index is 1.86. The minimum absolute atomic E-state index is 0.150. The summed E-state index contributed by atoms with van der Waals surface area (Å²) in [6, 6.07) is 9.05. The monoisotopic (exact) mass is 386 g/mol. The van der Waals surface area contributed by atoms with Gasteiger partial charge < -0.3 is 4.74 Å². The standard InChI is InChI=1S/C14H12BrClN2O2S/c1-9(13-3-2-6-21-13)17-18-14(19)8-20-12-5-4-10(15)7-11(12)16/h2-7H,8H2,1H3,(H,18,19). The molecule has 0 aliphatic rings. The molecule has 1 amide bonds. The molecular formula is C14H12BrClN2O2S. The first-order valence-corrected chi connectivity index (χ1v) is 8.06. The fourth-order valence-electron chi connectivity index (χ4n) is 1.45. The van der Waals surface area contributed by atoms with Gasteiger partial charge in [0, 0.05) is 9.35 Å². The third-order valence-corrected chi connectivity index (χ3v) is 4.25. The Morgan fingerprint density at radius 1 is 1.48 bits per heavy atom. The van der Waals surface area contributed by atoms with Gasteiger partial charge in [0.2, 0.25) is 0 Å². The van der Waals surface area contributed by atoms with Crippen LogP contribution in [0.3, 0.4) is 0 Å². The molecular weight excluding hydrogens is 376 g/mol. The van der Waals surface area contributed by atoms with Gasteiger partial charge in [0.05, 0.1) is 10.7 Å². The summed E-state index contributed by atoms with van der Waals surface area (Å²) in [6.07, 6.45) is 0. The molecule has 0 saturated carbocycles. The van der Waals surface area contributed by atoms with Crippen molar-refractivity contribution in [3.05, 3.63) is 50.1 Å². The van der Waals surface area contributed by atoms with Crippen LogP contribution in [0.4, 0.5) is 0 Å². The highest BCUT2D eigenvalue weighted by Crippen LogP contribution is 2.27. The van der Waals surface area contributed by atoms with Crippen LogP contribution in [0.5, 0.6) is 5.75 Å². The van der Waals surface area contributed by atoms with Crippen LogP contribution in [0, 0.1) is 0 Å². The van der Waals surface area contributed by atoms with Crippen LogP contribution >= 0.6 is 38.9 Å². The van der Waals surface area contributed by atoms with Gasteiger partial charge in [-0.05, 0) is 36.6 Å². The van der Waals surface area contributed by atoms with Crippen molar-refractivity contribution in [2.45, 2.75) is 6.92 Å². The molecule has 1 aromatic carbocycles. The van der Waals surface area contributed by atoms with E-state index in [-0.39, 0.29) is 12.5 Å². The number of hydrogen-bond acceptors (Lipinski definition) is 4. The molecule has 2 rings (SSSR count). The maximum absolute atomic E-state index is 11.7. The van der Waals surface area contributed by atoms with Crippen molar-refractivity contribution in [2.75, 3.05) is 6.61 Å². The Bertz CT molecular complexity index is 659. The van der Waals surface area contributed by atoms with Crippen LogP contribution in [0.1, 0.15) is 11.8 Å². The smallest absolute Gasteiger partial charge is 0.277 e. The Labute approximate surface area is 139 Å². The van der Waals surface area contributed by atoms with E-state index in [1.54, 1.807) is 29.5 Å². The topological polar surface area (TPSA) is 50.7 Å². The van der Waals surface area contributed by atoms with Gasteiger partial charge >= 0.3 is 0 Å². The first-order valence-electron chi connectivity index (χ1n) is 6.01. The first-order chi connectivity index (χ1) is 10.1. The molecule has 4 nitrogen and oxygen atoms in total. The normalized spacial score (nSPS) is 11.3. The molecule has 21 heavy (non-hydrogen) atoms. The quantitative estimate of drug-likeness (QED) is 0.621. The maximum atomic E-state index is 11.7. The van der Waals surface area contributed by atoms with Gasteiger partial charge in [-0.2, -0.15) is 5.10 Å². The van der Waals surface area contributed by atoms with Gasteiger partial charge in [0.1, 0.15) is 5.75 Å². The Morgan fingerprint density at radius 3 is 2.95 bits per heavy atom. The number of hydrazone groups is 1. The summed E-state index contributed by atoms with van der Waals surface area (Å²) in [5.41, 5.74) is 3.20. The highest BCUT2D eigenvalue weighted by Gasteiger charge is 2.06.